The molecule has 0 aliphatic heterocycles. The maximum Gasteiger partial charge on any atom is 0.196 e. The van der Waals surface area contributed by atoms with Crippen LogP contribution in [0.25, 0.3) is 0 Å². The van der Waals surface area contributed by atoms with E-state index in [0.717, 1.165) is 5.56 Å². The first-order valence-electron chi connectivity index (χ1n) is 7.15. The second kappa shape index (κ2) is 7.07. The summed E-state index contributed by atoms with van der Waals surface area (Å²) in [5, 5.41) is 0.398. The molecular formula is C19H14ClNO2. The fraction of sp³-hybridized carbons (Fsp3) is 0.0526. The summed E-state index contributed by atoms with van der Waals surface area (Å²) >= 11 is 6.03. The van der Waals surface area contributed by atoms with Crippen molar-refractivity contribution in [3.63, 3.8) is 0 Å². The lowest BCUT2D eigenvalue weighted by Gasteiger charge is -2.07. The molecule has 4 heteroatoms. The van der Waals surface area contributed by atoms with Gasteiger partial charge in [-0.05, 0) is 35.9 Å². The van der Waals surface area contributed by atoms with Crippen molar-refractivity contribution in [1.29, 1.82) is 0 Å². The van der Waals surface area contributed by atoms with Crippen molar-refractivity contribution in [2.24, 2.45) is 0 Å². The number of aromatic nitrogens is 1. The molecule has 0 aliphatic carbocycles. The second-order valence-electron chi connectivity index (χ2n) is 4.98. The zero-order valence-corrected chi connectivity index (χ0v) is 13.0. The quantitative estimate of drug-likeness (QED) is 0.647. The van der Waals surface area contributed by atoms with Crippen molar-refractivity contribution in [1.82, 2.24) is 4.98 Å². The summed E-state index contributed by atoms with van der Waals surface area (Å²) in [5.41, 5.74) is 2.04. The van der Waals surface area contributed by atoms with Crippen LogP contribution in [0.1, 0.15) is 21.5 Å². The molecule has 1 aromatic heterocycles. The smallest absolute Gasteiger partial charge is 0.196 e. The summed E-state index contributed by atoms with van der Waals surface area (Å²) < 4.78 is 5.71. The lowest BCUT2D eigenvalue weighted by molar-refractivity contribution is 0.103. The molecule has 0 saturated heterocycles. The number of benzene rings is 2. The average Bonchev–Trinajstić information content (AvgIpc) is 2.61. The number of ketones is 1. The Hall–Kier alpha value is -2.65. The van der Waals surface area contributed by atoms with Crippen LogP contribution in [-0.4, -0.2) is 10.8 Å². The molecule has 1 heterocycles. The minimum absolute atomic E-state index is 0.155. The maximum atomic E-state index is 12.4. The van der Waals surface area contributed by atoms with E-state index in [1.54, 1.807) is 36.5 Å². The lowest BCUT2D eigenvalue weighted by atomic mass is 10.1. The molecule has 0 amide bonds. The summed E-state index contributed by atoms with van der Waals surface area (Å²) in [6.45, 7) is 0.489. The van der Waals surface area contributed by atoms with Gasteiger partial charge >= 0.3 is 0 Å². The Morgan fingerprint density at radius 3 is 2.43 bits per heavy atom. The third-order valence-corrected chi connectivity index (χ3v) is 3.71. The highest BCUT2D eigenvalue weighted by Gasteiger charge is 2.12. The maximum absolute atomic E-state index is 12.4. The minimum atomic E-state index is -0.155. The number of halogens is 1. The van der Waals surface area contributed by atoms with Crippen LogP contribution >= 0.6 is 11.6 Å². The van der Waals surface area contributed by atoms with Crippen LogP contribution in [0.15, 0.2) is 73.1 Å². The largest absolute Gasteiger partial charge is 0.489 e. The highest BCUT2D eigenvalue weighted by Crippen LogP contribution is 2.20. The average molecular weight is 324 g/mol. The van der Waals surface area contributed by atoms with E-state index >= 15 is 0 Å². The Kier molecular flexibility index (Phi) is 4.69. The van der Waals surface area contributed by atoms with Gasteiger partial charge in [0.2, 0.25) is 0 Å². The van der Waals surface area contributed by atoms with Gasteiger partial charge in [0.05, 0.1) is 10.6 Å². The van der Waals surface area contributed by atoms with E-state index in [4.69, 9.17) is 16.3 Å². The standard InChI is InChI=1S/C19H14ClNO2/c20-18-10-11-21-12-17(18)19(22)15-6-8-16(9-7-15)23-13-14-4-2-1-3-5-14/h1-12H,13H2. The molecule has 0 N–H and O–H groups in total. The van der Waals surface area contributed by atoms with Crippen LogP contribution < -0.4 is 4.74 Å². The zero-order chi connectivity index (χ0) is 16.1. The summed E-state index contributed by atoms with van der Waals surface area (Å²) in [5.74, 6) is 0.556. The predicted molar refractivity (Wildman–Crippen MR) is 89.9 cm³/mol. The lowest BCUT2D eigenvalue weighted by Crippen LogP contribution is -2.03. The van der Waals surface area contributed by atoms with E-state index in [-0.39, 0.29) is 5.78 Å². The highest BCUT2D eigenvalue weighted by molar-refractivity contribution is 6.34. The van der Waals surface area contributed by atoms with E-state index in [0.29, 0.717) is 28.5 Å². The number of ether oxygens (including phenoxy) is 1. The van der Waals surface area contributed by atoms with Crippen molar-refractivity contribution < 1.29 is 9.53 Å². The Balaban J connectivity index is 1.70. The second-order valence-corrected chi connectivity index (χ2v) is 5.39. The van der Waals surface area contributed by atoms with E-state index in [1.807, 2.05) is 30.3 Å². The van der Waals surface area contributed by atoms with Crippen molar-refractivity contribution in [2.75, 3.05) is 0 Å². The number of pyridine rings is 1. The molecule has 3 aromatic rings. The first-order chi connectivity index (χ1) is 11.2. The van der Waals surface area contributed by atoms with Gasteiger partial charge in [-0.15, -0.1) is 0 Å². The Labute approximate surface area is 139 Å². The summed E-state index contributed by atoms with van der Waals surface area (Å²) in [7, 11) is 0. The zero-order valence-electron chi connectivity index (χ0n) is 12.3. The van der Waals surface area contributed by atoms with Crippen LogP contribution in [0, 0.1) is 0 Å². The molecule has 23 heavy (non-hydrogen) atoms. The SMILES string of the molecule is O=C(c1ccc(OCc2ccccc2)cc1)c1cnccc1Cl. The molecular weight excluding hydrogens is 310 g/mol. The summed E-state index contributed by atoms with van der Waals surface area (Å²) in [4.78, 5) is 16.3. The van der Waals surface area contributed by atoms with Crippen molar-refractivity contribution >= 4 is 17.4 Å². The van der Waals surface area contributed by atoms with Gasteiger partial charge < -0.3 is 4.74 Å². The third kappa shape index (κ3) is 3.76. The Bertz CT molecular complexity index is 801. The molecule has 0 saturated carbocycles. The Morgan fingerprint density at radius 2 is 1.74 bits per heavy atom. The number of carbonyl (C=O) groups excluding carboxylic acids is 1. The van der Waals surface area contributed by atoms with Gasteiger partial charge in [0.25, 0.3) is 0 Å². The van der Waals surface area contributed by atoms with E-state index in [2.05, 4.69) is 4.98 Å². The topological polar surface area (TPSA) is 39.2 Å². The highest BCUT2D eigenvalue weighted by atomic mass is 35.5. The molecule has 0 fully saturated rings. The molecule has 3 rings (SSSR count). The van der Waals surface area contributed by atoms with Gasteiger partial charge in [-0.1, -0.05) is 41.9 Å². The first-order valence-corrected chi connectivity index (χ1v) is 7.53. The van der Waals surface area contributed by atoms with Gasteiger partial charge in [0.15, 0.2) is 5.78 Å². The van der Waals surface area contributed by atoms with E-state index in [1.165, 1.54) is 6.20 Å². The van der Waals surface area contributed by atoms with Gasteiger partial charge in [0.1, 0.15) is 12.4 Å². The number of carbonyl (C=O) groups is 1. The van der Waals surface area contributed by atoms with Crippen LogP contribution in [0.4, 0.5) is 0 Å². The number of nitrogens with zero attached hydrogens (tertiary/aromatic N) is 1. The monoisotopic (exact) mass is 323 g/mol. The molecule has 3 nitrogen and oxygen atoms in total. The van der Waals surface area contributed by atoms with Gasteiger partial charge in [-0.25, -0.2) is 0 Å². The van der Waals surface area contributed by atoms with Gasteiger partial charge in [-0.2, -0.15) is 0 Å². The number of rotatable bonds is 5. The number of hydrogen-bond donors (Lipinski definition) is 0. The minimum Gasteiger partial charge on any atom is -0.489 e. The van der Waals surface area contributed by atoms with Crippen LogP contribution in [0.2, 0.25) is 5.02 Å². The molecule has 0 aliphatic rings. The van der Waals surface area contributed by atoms with Crippen molar-refractivity contribution in [2.45, 2.75) is 6.61 Å². The summed E-state index contributed by atoms with van der Waals surface area (Å²) in [6, 6.07) is 18.5. The van der Waals surface area contributed by atoms with Gasteiger partial charge in [0, 0.05) is 18.0 Å². The summed E-state index contributed by atoms with van der Waals surface area (Å²) in [6.07, 6.45) is 3.03. The van der Waals surface area contributed by atoms with Crippen LogP contribution in [0.3, 0.4) is 0 Å². The molecule has 0 bridgehead atoms. The molecule has 0 radical (unpaired) electrons. The van der Waals surface area contributed by atoms with Gasteiger partial charge in [-0.3, -0.25) is 9.78 Å². The predicted octanol–water partition coefficient (Wildman–Crippen LogP) is 4.55. The van der Waals surface area contributed by atoms with Crippen molar-refractivity contribution in [3.8, 4) is 5.75 Å². The normalized spacial score (nSPS) is 10.3. The molecule has 114 valence electrons. The fourth-order valence-electron chi connectivity index (χ4n) is 2.14. The number of hydrogen-bond acceptors (Lipinski definition) is 3. The molecule has 0 atom stereocenters. The first kappa shape index (κ1) is 15.3. The van der Waals surface area contributed by atoms with Crippen molar-refractivity contribution in [3.05, 3.63) is 94.8 Å². The van der Waals surface area contributed by atoms with Crippen LogP contribution in [0.5, 0.6) is 5.75 Å². The molecule has 2 aromatic carbocycles. The van der Waals surface area contributed by atoms with Crippen LogP contribution in [-0.2, 0) is 6.61 Å². The van der Waals surface area contributed by atoms with E-state index < -0.39 is 0 Å². The Morgan fingerprint density at radius 1 is 1.00 bits per heavy atom. The fourth-order valence-corrected chi connectivity index (χ4v) is 2.33. The van der Waals surface area contributed by atoms with E-state index in [9.17, 15) is 4.79 Å². The molecule has 0 unspecified atom stereocenters. The molecule has 0 spiro atoms. The third-order valence-electron chi connectivity index (χ3n) is 3.38.